The quantitative estimate of drug-likeness (QED) is 0.373. The third-order valence-corrected chi connectivity index (χ3v) is 5.65. The number of aliphatic hydroxyl groups is 1. The first-order chi connectivity index (χ1) is 7.58. The smallest absolute Gasteiger partial charge is 0.808 e. The monoisotopic (exact) mass is 385 g/mol. The second-order valence-electron chi connectivity index (χ2n) is 3.33. The Morgan fingerprint density at radius 2 is 1.59 bits per heavy atom. The summed E-state index contributed by atoms with van der Waals surface area (Å²) in [6.07, 6.45) is 1.31. The molecule has 15 heteroatoms. The largest absolute Gasteiger partial charge is 1.00 e. The van der Waals surface area contributed by atoms with E-state index < -0.39 is 26.7 Å². The number of hydrogen-bond acceptors (Lipinski definition) is 7. The molecule has 22 heavy (non-hydrogen) atoms. The zero-order valence-electron chi connectivity index (χ0n) is 12.3. The van der Waals surface area contributed by atoms with Crippen LogP contribution in [0.1, 0.15) is 5.56 Å². The summed E-state index contributed by atoms with van der Waals surface area (Å²) in [6, 6.07) is 2.60. The number of aromatic nitrogens is 1. The van der Waals surface area contributed by atoms with Crippen molar-refractivity contribution in [3.63, 3.8) is 0 Å². The fourth-order valence-electron chi connectivity index (χ4n) is 1.13. The number of nitrogens with zero attached hydrogens (tertiary/aromatic N) is 1. The maximum Gasteiger partial charge on any atom is 1.00 e. The van der Waals surface area contributed by atoms with Crippen LogP contribution in [0.15, 0.2) is 24.5 Å². The Bertz CT molecular complexity index is 471. The zero-order chi connectivity index (χ0) is 13.3. The summed E-state index contributed by atoms with van der Waals surface area (Å²) in [7, 11) is -11.8. The van der Waals surface area contributed by atoms with Gasteiger partial charge in [0.15, 0.2) is 12.7 Å². The molecule has 1 rings (SSSR count). The van der Waals surface area contributed by atoms with E-state index in [9.17, 15) is 28.9 Å². The summed E-state index contributed by atoms with van der Waals surface area (Å²) in [5.74, 6) is 0. The standard InChI is InChI=1S/C7H11NO7P2.3Na.2H2O/c9-7(16(10,11)12,17(13,14)15)4-6-2-1-3-8-5-6;;;;;/h1-3,5,9H,4H2,(H2,10,11,12)(H2,13,14,15);;;;2*1H2/q;3*+1;;/p-3. The summed E-state index contributed by atoms with van der Waals surface area (Å²) in [5, 5.41) is 5.64. The maximum atomic E-state index is 10.8. The van der Waals surface area contributed by atoms with E-state index in [1.54, 1.807) is 0 Å². The van der Waals surface area contributed by atoms with Crippen LogP contribution in [0.25, 0.3) is 0 Å². The van der Waals surface area contributed by atoms with E-state index in [1.165, 1.54) is 18.3 Å². The molecule has 0 aromatic carbocycles. The molecule has 10 nitrogen and oxygen atoms in total. The van der Waals surface area contributed by atoms with E-state index in [-0.39, 0.29) is 105 Å². The van der Waals surface area contributed by atoms with Gasteiger partial charge in [-0.3, -0.25) is 4.98 Å². The van der Waals surface area contributed by atoms with E-state index in [1.807, 2.05) is 0 Å². The van der Waals surface area contributed by atoms with Crippen molar-refractivity contribution in [2.75, 3.05) is 0 Å². The molecule has 0 saturated heterocycles. The predicted molar refractivity (Wildman–Crippen MR) is 57.6 cm³/mol. The summed E-state index contributed by atoms with van der Waals surface area (Å²) in [4.78, 5) is 44.6. The van der Waals surface area contributed by atoms with E-state index in [2.05, 4.69) is 4.98 Å². The molecular formula is C7H12NNa3O9P2. The molecular weight excluding hydrogens is 373 g/mol. The Labute approximate surface area is 192 Å². The van der Waals surface area contributed by atoms with Crippen molar-refractivity contribution in [2.45, 2.75) is 11.5 Å². The molecule has 0 bridgehead atoms. The van der Waals surface area contributed by atoms with Crippen LogP contribution in [0.4, 0.5) is 0 Å². The third kappa shape index (κ3) is 9.15. The van der Waals surface area contributed by atoms with Crippen LogP contribution in [-0.4, -0.2) is 31.0 Å². The van der Waals surface area contributed by atoms with Crippen molar-refractivity contribution in [3.05, 3.63) is 30.1 Å². The molecule has 0 aliphatic carbocycles. The first kappa shape index (κ1) is 35.4. The molecule has 0 saturated carbocycles. The fourth-order valence-corrected chi connectivity index (χ4v) is 3.12. The summed E-state index contributed by atoms with van der Waals surface area (Å²) >= 11 is 0. The minimum Gasteiger partial charge on any atom is -0.808 e. The van der Waals surface area contributed by atoms with E-state index >= 15 is 0 Å². The van der Waals surface area contributed by atoms with Crippen molar-refractivity contribution in [2.24, 2.45) is 0 Å². The molecule has 1 aromatic rings. The number of hydrogen-bond donors (Lipinski definition) is 2. The van der Waals surface area contributed by atoms with Gasteiger partial charge in [-0.25, -0.2) is 0 Å². The first-order valence-electron chi connectivity index (χ1n) is 4.25. The molecule has 0 amide bonds. The van der Waals surface area contributed by atoms with Gasteiger partial charge < -0.3 is 44.8 Å². The van der Waals surface area contributed by atoms with Gasteiger partial charge in [0.05, 0.1) is 0 Å². The minimum atomic E-state index is -5.97. The fraction of sp³-hybridized carbons (Fsp3) is 0.286. The topological polar surface area (TPSA) is 220 Å². The third-order valence-electron chi connectivity index (χ3n) is 2.06. The van der Waals surface area contributed by atoms with Gasteiger partial charge in [-0.15, -0.1) is 0 Å². The summed E-state index contributed by atoms with van der Waals surface area (Å²) in [5.41, 5.74) is -0.0212. The van der Waals surface area contributed by atoms with Crippen LogP contribution in [-0.2, 0) is 15.6 Å². The van der Waals surface area contributed by atoms with Crippen LogP contribution >= 0.6 is 15.2 Å². The molecule has 6 N–H and O–H groups in total. The van der Waals surface area contributed by atoms with Crippen molar-refractivity contribution < 1.29 is 133 Å². The van der Waals surface area contributed by atoms with Gasteiger partial charge >= 0.3 is 88.7 Å². The maximum absolute atomic E-state index is 10.8. The van der Waals surface area contributed by atoms with Gasteiger partial charge in [0.25, 0.3) is 0 Å². The average Bonchev–Trinajstić information content (AvgIpc) is 2.15. The summed E-state index contributed by atoms with van der Waals surface area (Å²) < 4.78 is 21.6. The molecule has 0 fully saturated rings. The van der Waals surface area contributed by atoms with Crippen molar-refractivity contribution >= 4 is 15.2 Å². The number of rotatable bonds is 4. The van der Waals surface area contributed by atoms with Crippen LogP contribution < -0.4 is 103 Å². The Morgan fingerprint density at radius 1 is 1.14 bits per heavy atom. The molecule has 2 unspecified atom stereocenters. The molecule has 1 aromatic heterocycles. The van der Waals surface area contributed by atoms with E-state index in [0.717, 1.165) is 6.20 Å². The van der Waals surface area contributed by atoms with Gasteiger partial charge in [0.1, 0.15) is 0 Å². The Morgan fingerprint density at radius 3 is 1.86 bits per heavy atom. The van der Waals surface area contributed by atoms with Crippen LogP contribution in [0.3, 0.4) is 0 Å². The molecule has 2 atom stereocenters. The first-order valence-corrected chi connectivity index (χ1v) is 7.37. The normalized spacial score (nSPS) is 15.0. The van der Waals surface area contributed by atoms with Gasteiger partial charge in [0.2, 0.25) is 0 Å². The second kappa shape index (κ2) is 13.5. The van der Waals surface area contributed by atoms with Crippen molar-refractivity contribution in [3.8, 4) is 0 Å². The van der Waals surface area contributed by atoms with Crippen LogP contribution in [0.2, 0.25) is 0 Å². The molecule has 112 valence electrons. The average molecular weight is 385 g/mol. The van der Waals surface area contributed by atoms with Gasteiger partial charge in [-0.1, -0.05) is 6.07 Å². The molecule has 0 aliphatic heterocycles. The Balaban J connectivity index is -0.000000193. The Kier molecular flexibility index (Phi) is 21.8. The van der Waals surface area contributed by atoms with Crippen molar-refractivity contribution in [1.82, 2.24) is 4.98 Å². The molecule has 0 radical (unpaired) electrons. The molecule has 1 heterocycles. The Hall–Kier alpha value is 2.33. The zero-order valence-corrected chi connectivity index (χ0v) is 20.1. The van der Waals surface area contributed by atoms with Gasteiger partial charge in [-0.05, 0) is 19.2 Å². The number of pyridine rings is 1. The molecule has 0 aliphatic rings. The van der Waals surface area contributed by atoms with Crippen LogP contribution in [0.5, 0.6) is 0 Å². The molecule has 0 spiro atoms. The van der Waals surface area contributed by atoms with Crippen LogP contribution in [0, 0.1) is 0 Å². The predicted octanol–water partition coefficient (Wildman–Crippen LogP) is -12.9. The van der Waals surface area contributed by atoms with Gasteiger partial charge in [0, 0.05) is 18.8 Å². The second-order valence-corrected chi connectivity index (χ2v) is 7.20. The van der Waals surface area contributed by atoms with Crippen molar-refractivity contribution in [1.29, 1.82) is 0 Å². The van der Waals surface area contributed by atoms with Gasteiger partial charge in [-0.2, -0.15) is 0 Å². The summed E-state index contributed by atoms with van der Waals surface area (Å²) in [6.45, 7) is 0. The SMILES string of the molecule is O.O.O=P([O-])([O-])C(O)(Cc1cccnc1)P(=O)([O-])O.[Na+].[Na+].[Na+]. The minimum absolute atomic E-state index is 0. The van der Waals surface area contributed by atoms with E-state index in [0.29, 0.717) is 0 Å². The van der Waals surface area contributed by atoms with E-state index in [4.69, 9.17) is 4.89 Å².